The summed E-state index contributed by atoms with van der Waals surface area (Å²) in [6.07, 6.45) is 3.75. The van der Waals surface area contributed by atoms with Gasteiger partial charge < -0.3 is 14.6 Å². The van der Waals surface area contributed by atoms with Gasteiger partial charge in [0.25, 0.3) is 0 Å². The number of aliphatic hydroxyl groups is 1. The van der Waals surface area contributed by atoms with Crippen LogP contribution in [0.15, 0.2) is 12.1 Å². The van der Waals surface area contributed by atoms with Crippen molar-refractivity contribution in [1.29, 1.82) is 0 Å². The van der Waals surface area contributed by atoms with E-state index >= 15 is 0 Å². The Hall–Kier alpha value is -1.26. The summed E-state index contributed by atoms with van der Waals surface area (Å²) in [7, 11) is 0. The fourth-order valence-electron chi connectivity index (χ4n) is 3.06. The average Bonchev–Trinajstić information content (AvgIpc) is 2.88. The molecule has 0 amide bonds. The van der Waals surface area contributed by atoms with Crippen molar-refractivity contribution in [3.63, 3.8) is 0 Å². The van der Waals surface area contributed by atoms with E-state index in [2.05, 4.69) is 11.8 Å². The summed E-state index contributed by atoms with van der Waals surface area (Å²) >= 11 is 0. The summed E-state index contributed by atoms with van der Waals surface area (Å²) in [5, 5.41) is 9.79. The Morgan fingerprint density at radius 2 is 1.84 bits per heavy atom. The molecular weight excluding hydrogens is 242 g/mol. The van der Waals surface area contributed by atoms with Crippen molar-refractivity contribution in [2.75, 3.05) is 26.5 Å². The summed E-state index contributed by atoms with van der Waals surface area (Å²) in [6, 6.07) is 4.13. The minimum atomic E-state index is 0.0785. The third-order valence-corrected chi connectivity index (χ3v) is 4.12. The highest BCUT2D eigenvalue weighted by Gasteiger charge is 2.25. The van der Waals surface area contributed by atoms with Gasteiger partial charge in [-0.3, -0.25) is 4.90 Å². The maximum absolute atomic E-state index is 9.79. The van der Waals surface area contributed by atoms with Crippen LogP contribution in [0.4, 0.5) is 0 Å². The SMILES string of the molecule is Cc1cc2c(cc1C(CO)N1CCCCC1)OCO2. The van der Waals surface area contributed by atoms with Crippen molar-refractivity contribution in [3.05, 3.63) is 23.3 Å². The van der Waals surface area contributed by atoms with Crippen LogP contribution in [-0.4, -0.2) is 36.5 Å². The van der Waals surface area contributed by atoms with Crippen LogP contribution in [0.2, 0.25) is 0 Å². The van der Waals surface area contributed by atoms with Gasteiger partial charge in [0.1, 0.15) is 0 Å². The number of piperidine rings is 1. The lowest BCUT2D eigenvalue weighted by Crippen LogP contribution is -2.35. The van der Waals surface area contributed by atoms with Gasteiger partial charge in [0.05, 0.1) is 12.6 Å². The van der Waals surface area contributed by atoms with Crippen LogP contribution in [0, 0.1) is 6.92 Å². The second-order valence-corrected chi connectivity index (χ2v) is 5.36. The quantitative estimate of drug-likeness (QED) is 0.908. The minimum absolute atomic E-state index is 0.0785. The van der Waals surface area contributed by atoms with E-state index in [0.29, 0.717) is 6.79 Å². The molecule has 1 unspecified atom stereocenters. The Bertz CT molecular complexity index is 455. The van der Waals surface area contributed by atoms with Crippen LogP contribution in [0.3, 0.4) is 0 Å². The molecule has 0 saturated carbocycles. The van der Waals surface area contributed by atoms with Gasteiger partial charge in [0.2, 0.25) is 6.79 Å². The molecule has 3 rings (SSSR count). The molecule has 0 aliphatic carbocycles. The van der Waals surface area contributed by atoms with E-state index < -0.39 is 0 Å². The monoisotopic (exact) mass is 263 g/mol. The number of nitrogens with zero attached hydrogens (tertiary/aromatic N) is 1. The molecule has 104 valence electrons. The van der Waals surface area contributed by atoms with Gasteiger partial charge in [-0.25, -0.2) is 0 Å². The smallest absolute Gasteiger partial charge is 0.231 e. The maximum atomic E-state index is 9.79. The first-order chi connectivity index (χ1) is 9.29. The van der Waals surface area contributed by atoms with Gasteiger partial charge in [-0.15, -0.1) is 0 Å². The Morgan fingerprint density at radius 1 is 1.16 bits per heavy atom. The van der Waals surface area contributed by atoms with Crippen molar-refractivity contribution in [2.45, 2.75) is 32.2 Å². The molecule has 0 aromatic heterocycles. The Kier molecular flexibility index (Phi) is 3.62. The van der Waals surface area contributed by atoms with E-state index in [1.165, 1.54) is 19.3 Å². The van der Waals surface area contributed by atoms with Gasteiger partial charge in [0.15, 0.2) is 11.5 Å². The van der Waals surface area contributed by atoms with E-state index in [-0.39, 0.29) is 12.6 Å². The van der Waals surface area contributed by atoms with Crippen LogP contribution in [0.25, 0.3) is 0 Å². The van der Waals surface area contributed by atoms with Crippen LogP contribution in [0.5, 0.6) is 11.5 Å². The minimum Gasteiger partial charge on any atom is -0.454 e. The number of rotatable bonds is 3. The molecule has 4 nitrogen and oxygen atoms in total. The van der Waals surface area contributed by atoms with Crippen molar-refractivity contribution in [3.8, 4) is 11.5 Å². The van der Waals surface area contributed by atoms with Gasteiger partial charge in [0, 0.05) is 0 Å². The standard InChI is InChI=1S/C15H21NO3/c1-11-7-14-15(19-10-18-14)8-12(11)13(9-17)16-5-3-2-4-6-16/h7-8,13,17H,2-6,9-10H2,1H3. The van der Waals surface area contributed by atoms with Gasteiger partial charge in [-0.05, 0) is 56.1 Å². The van der Waals surface area contributed by atoms with Crippen LogP contribution in [-0.2, 0) is 0 Å². The fraction of sp³-hybridized carbons (Fsp3) is 0.600. The number of aliphatic hydroxyl groups excluding tert-OH is 1. The van der Waals surface area contributed by atoms with E-state index in [1.807, 2.05) is 12.1 Å². The first kappa shape index (κ1) is 12.8. The summed E-state index contributed by atoms with van der Waals surface area (Å²) in [6.45, 7) is 4.66. The first-order valence-electron chi connectivity index (χ1n) is 7.04. The molecule has 19 heavy (non-hydrogen) atoms. The number of fused-ring (bicyclic) bond motifs is 1. The normalized spacial score (nSPS) is 20.5. The molecule has 2 aliphatic heterocycles. The molecule has 1 saturated heterocycles. The first-order valence-corrected chi connectivity index (χ1v) is 7.04. The molecule has 1 fully saturated rings. The lowest BCUT2D eigenvalue weighted by molar-refractivity contribution is 0.104. The molecule has 1 aromatic carbocycles. The third-order valence-electron chi connectivity index (χ3n) is 4.12. The molecule has 4 heteroatoms. The number of aryl methyl sites for hydroxylation is 1. The predicted octanol–water partition coefficient (Wildman–Crippen LogP) is 2.24. The van der Waals surface area contributed by atoms with Crippen LogP contribution in [0.1, 0.15) is 36.4 Å². The fourth-order valence-corrected chi connectivity index (χ4v) is 3.06. The van der Waals surface area contributed by atoms with E-state index in [0.717, 1.165) is 35.7 Å². The molecule has 2 aliphatic rings. The van der Waals surface area contributed by atoms with Crippen LogP contribution < -0.4 is 9.47 Å². The number of hydrogen-bond acceptors (Lipinski definition) is 4. The number of benzene rings is 1. The number of hydrogen-bond donors (Lipinski definition) is 1. The van der Waals surface area contributed by atoms with E-state index in [9.17, 15) is 5.11 Å². The summed E-state index contributed by atoms with van der Waals surface area (Å²) in [4.78, 5) is 2.38. The number of likely N-dealkylation sites (tertiary alicyclic amines) is 1. The summed E-state index contributed by atoms with van der Waals surface area (Å²) in [5.41, 5.74) is 2.32. The molecule has 1 N–H and O–H groups in total. The van der Waals surface area contributed by atoms with Crippen molar-refractivity contribution < 1.29 is 14.6 Å². The van der Waals surface area contributed by atoms with E-state index in [1.54, 1.807) is 0 Å². The van der Waals surface area contributed by atoms with Gasteiger partial charge in [-0.1, -0.05) is 6.42 Å². The Morgan fingerprint density at radius 3 is 2.53 bits per heavy atom. The highest BCUT2D eigenvalue weighted by atomic mass is 16.7. The molecule has 0 bridgehead atoms. The zero-order chi connectivity index (χ0) is 13.2. The molecule has 1 aromatic rings. The highest BCUT2D eigenvalue weighted by Crippen LogP contribution is 2.38. The molecule has 0 radical (unpaired) electrons. The zero-order valence-electron chi connectivity index (χ0n) is 11.4. The van der Waals surface area contributed by atoms with Crippen molar-refractivity contribution in [1.82, 2.24) is 4.90 Å². The molecule has 2 heterocycles. The van der Waals surface area contributed by atoms with Crippen molar-refractivity contribution >= 4 is 0 Å². The topological polar surface area (TPSA) is 41.9 Å². The Balaban J connectivity index is 1.90. The van der Waals surface area contributed by atoms with Crippen molar-refractivity contribution in [2.24, 2.45) is 0 Å². The largest absolute Gasteiger partial charge is 0.454 e. The molecular formula is C15H21NO3. The lowest BCUT2D eigenvalue weighted by Gasteiger charge is -2.34. The second kappa shape index (κ2) is 5.39. The average molecular weight is 263 g/mol. The van der Waals surface area contributed by atoms with Gasteiger partial charge >= 0.3 is 0 Å². The molecule has 0 spiro atoms. The maximum Gasteiger partial charge on any atom is 0.231 e. The number of ether oxygens (including phenoxy) is 2. The van der Waals surface area contributed by atoms with Gasteiger partial charge in [-0.2, -0.15) is 0 Å². The van der Waals surface area contributed by atoms with E-state index in [4.69, 9.17) is 9.47 Å². The zero-order valence-corrected chi connectivity index (χ0v) is 11.4. The predicted molar refractivity (Wildman–Crippen MR) is 72.6 cm³/mol. The summed E-state index contributed by atoms with van der Waals surface area (Å²) < 4.78 is 10.8. The molecule has 1 atom stereocenters. The third kappa shape index (κ3) is 2.42. The Labute approximate surface area is 113 Å². The highest BCUT2D eigenvalue weighted by molar-refractivity contribution is 5.49. The lowest BCUT2D eigenvalue weighted by atomic mass is 9.97. The van der Waals surface area contributed by atoms with Crippen LogP contribution >= 0.6 is 0 Å². The summed E-state index contributed by atoms with van der Waals surface area (Å²) in [5.74, 6) is 1.62. The second-order valence-electron chi connectivity index (χ2n) is 5.36.